The first-order valence-corrected chi connectivity index (χ1v) is 10.9. The first-order valence-electron chi connectivity index (χ1n) is 10.9. The second-order valence-electron chi connectivity index (χ2n) is 8.35. The van der Waals surface area contributed by atoms with Gasteiger partial charge in [-0.25, -0.2) is 0 Å². The molecule has 1 N–H and O–H groups in total. The van der Waals surface area contributed by atoms with Gasteiger partial charge in [-0.05, 0) is 55.9 Å². The summed E-state index contributed by atoms with van der Waals surface area (Å²) >= 11 is 0. The first-order chi connectivity index (χ1) is 13.7. The maximum atomic E-state index is 12.6. The summed E-state index contributed by atoms with van der Waals surface area (Å²) in [6, 6.07) is 10.6. The summed E-state index contributed by atoms with van der Waals surface area (Å²) in [5, 5.41) is 8.89. The number of aliphatic hydroxyl groups excluding tert-OH is 1. The predicted octanol–water partition coefficient (Wildman–Crippen LogP) is 2.87. The standard InChI is InChI=1S/C23H34N2O3/c26-17-12-23(28)25-13-8-19(9-14-25)6-7-22(27)24-15-10-21(11-16-24)18-20-4-2-1-3-5-20/h1-5,19,21,26H,6-18H2. The van der Waals surface area contributed by atoms with Crippen LogP contribution in [0.4, 0.5) is 0 Å². The Bertz CT molecular complexity index is 618. The third-order valence-electron chi connectivity index (χ3n) is 6.39. The maximum Gasteiger partial charge on any atom is 0.224 e. The Hall–Kier alpha value is -1.88. The van der Waals surface area contributed by atoms with Crippen molar-refractivity contribution in [2.75, 3.05) is 32.8 Å². The molecule has 2 aliphatic heterocycles. The Kier molecular flexibility index (Phi) is 7.90. The van der Waals surface area contributed by atoms with Gasteiger partial charge in [0.05, 0.1) is 6.61 Å². The molecule has 2 saturated heterocycles. The Morgan fingerprint density at radius 1 is 0.821 bits per heavy atom. The minimum Gasteiger partial charge on any atom is -0.396 e. The fraction of sp³-hybridized carbons (Fsp3) is 0.652. The fourth-order valence-electron chi connectivity index (χ4n) is 4.54. The number of hydrogen-bond acceptors (Lipinski definition) is 3. The molecule has 154 valence electrons. The number of nitrogens with zero attached hydrogens (tertiary/aromatic N) is 2. The molecule has 1 aromatic carbocycles. The molecule has 0 aliphatic carbocycles. The number of hydrogen-bond donors (Lipinski definition) is 1. The Morgan fingerprint density at radius 3 is 1.93 bits per heavy atom. The van der Waals surface area contributed by atoms with Crippen molar-refractivity contribution in [3.05, 3.63) is 35.9 Å². The monoisotopic (exact) mass is 386 g/mol. The summed E-state index contributed by atoms with van der Waals surface area (Å²) in [5.74, 6) is 1.58. The van der Waals surface area contributed by atoms with Gasteiger partial charge in [0.15, 0.2) is 0 Å². The average Bonchev–Trinajstić information content (AvgIpc) is 2.74. The van der Waals surface area contributed by atoms with Crippen LogP contribution in [0.15, 0.2) is 30.3 Å². The molecular formula is C23H34N2O3. The van der Waals surface area contributed by atoms with Gasteiger partial charge in [0.25, 0.3) is 0 Å². The zero-order chi connectivity index (χ0) is 19.8. The lowest BCUT2D eigenvalue weighted by molar-refractivity contribution is -0.135. The second-order valence-corrected chi connectivity index (χ2v) is 8.35. The van der Waals surface area contributed by atoms with Crippen LogP contribution in [0.25, 0.3) is 0 Å². The number of benzene rings is 1. The summed E-state index contributed by atoms with van der Waals surface area (Å²) in [6.07, 6.45) is 7.08. The third kappa shape index (κ3) is 6.06. The highest BCUT2D eigenvalue weighted by atomic mass is 16.3. The van der Waals surface area contributed by atoms with E-state index in [9.17, 15) is 9.59 Å². The summed E-state index contributed by atoms with van der Waals surface area (Å²) < 4.78 is 0. The molecule has 28 heavy (non-hydrogen) atoms. The van der Waals surface area contributed by atoms with Gasteiger partial charge in [-0.2, -0.15) is 0 Å². The van der Waals surface area contributed by atoms with Crippen LogP contribution in [-0.4, -0.2) is 59.5 Å². The molecule has 2 amide bonds. The van der Waals surface area contributed by atoms with Crippen molar-refractivity contribution in [1.29, 1.82) is 0 Å². The summed E-state index contributed by atoms with van der Waals surface area (Å²) in [4.78, 5) is 28.3. The van der Waals surface area contributed by atoms with Crippen LogP contribution in [-0.2, 0) is 16.0 Å². The number of likely N-dealkylation sites (tertiary alicyclic amines) is 2. The molecule has 0 atom stereocenters. The summed E-state index contributed by atoms with van der Waals surface area (Å²) in [5.41, 5.74) is 1.40. The van der Waals surface area contributed by atoms with Crippen LogP contribution in [0.3, 0.4) is 0 Å². The molecule has 2 fully saturated rings. The van der Waals surface area contributed by atoms with Gasteiger partial charge < -0.3 is 14.9 Å². The second kappa shape index (κ2) is 10.6. The van der Waals surface area contributed by atoms with Gasteiger partial charge in [0, 0.05) is 39.0 Å². The number of piperidine rings is 2. The van der Waals surface area contributed by atoms with Crippen molar-refractivity contribution in [3.8, 4) is 0 Å². The molecule has 1 aromatic rings. The van der Waals surface area contributed by atoms with E-state index in [0.29, 0.717) is 24.2 Å². The predicted molar refractivity (Wildman–Crippen MR) is 110 cm³/mol. The molecule has 0 saturated carbocycles. The topological polar surface area (TPSA) is 60.9 Å². The zero-order valence-electron chi connectivity index (χ0n) is 16.9. The van der Waals surface area contributed by atoms with Crippen LogP contribution < -0.4 is 0 Å². The van der Waals surface area contributed by atoms with E-state index >= 15 is 0 Å². The minimum atomic E-state index is -0.0741. The normalized spacial score (nSPS) is 19.0. The lowest BCUT2D eigenvalue weighted by atomic mass is 9.89. The largest absolute Gasteiger partial charge is 0.396 e. The molecule has 0 unspecified atom stereocenters. The summed E-state index contributed by atoms with van der Waals surface area (Å²) in [6.45, 7) is 3.25. The smallest absolute Gasteiger partial charge is 0.224 e. The number of carbonyl (C=O) groups is 2. The van der Waals surface area contributed by atoms with Gasteiger partial charge in [-0.3, -0.25) is 9.59 Å². The third-order valence-corrected chi connectivity index (χ3v) is 6.39. The van der Waals surface area contributed by atoms with Gasteiger partial charge in [-0.1, -0.05) is 30.3 Å². The summed E-state index contributed by atoms with van der Waals surface area (Å²) in [7, 11) is 0. The van der Waals surface area contributed by atoms with E-state index in [1.807, 2.05) is 4.90 Å². The van der Waals surface area contributed by atoms with E-state index in [4.69, 9.17) is 5.11 Å². The average molecular weight is 387 g/mol. The molecule has 0 spiro atoms. The van der Waals surface area contributed by atoms with Crippen molar-refractivity contribution < 1.29 is 14.7 Å². The van der Waals surface area contributed by atoms with Crippen LogP contribution >= 0.6 is 0 Å². The number of amides is 2. The molecule has 0 radical (unpaired) electrons. The molecule has 2 heterocycles. The molecule has 3 rings (SSSR count). The van der Waals surface area contributed by atoms with Crippen LogP contribution in [0, 0.1) is 11.8 Å². The fourth-order valence-corrected chi connectivity index (χ4v) is 4.54. The Balaban J connectivity index is 1.32. The number of carbonyl (C=O) groups excluding carboxylic acids is 2. The first kappa shape index (κ1) is 20.8. The van der Waals surface area contributed by atoms with Crippen LogP contribution in [0.2, 0.25) is 0 Å². The molecular weight excluding hydrogens is 352 g/mol. The lowest BCUT2D eigenvalue weighted by Gasteiger charge is -2.34. The molecule has 0 bridgehead atoms. The zero-order valence-corrected chi connectivity index (χ0v) is 16.9. The van der Waals surface area contributed by atoms with Crippen molar-refractivity contribution in [1.82, 2.24) is 9.80 Å². The quantitative estimate of drug-likeness (QED) is 0.784. The van der Waals surface area contributed by atoms with E-state index in [-0.39, 0.29) is 18.9 Å². The highest BCUT2D eigenvalue weighted by Gasteiger charge is 2.26. The van der Waals surface area contributed by atoms with E-state index in [2.05, 4.69) is 35.2 Å². The Morgan fingerprint density at radius 2 is 1.36 bits per heavy atom. The molecule has 2 aliphatic rings. The maximum absolute atomic E-state index is 12.6. The Labute approximate surface area is 168 Å². The van der Waals surface area contributed by atoms with E-state index in [0.717, 1.165) is 64.7 Å². The van der Waals surface area contributed by atoms with Gasteiger partial charge in [0.2, 0.25) is 11.8 Å². The van der Waals surface area contributed by atoms with E-state index < -0.39 is 0 Å². The van der Waals surface area contributed by atoms with Crippen molar-refractivity contribution in [2.24, 2.45) is 11.8 Å². The number of rotatable bonds is 7. The molecule has 5 nitrogen and oxygen atoms in total. The highest BCUT2D eigenvalue weighted by Crippen LogP contribution is 2.25. The SMILES string of the molecule is O=C(CCO)N1CCC(CCC(=O)N2CCC(Cc3ccccc3)CC2)CC1. The molecule has 5 heteroatoms. The van der Waals surface area contributed by atoms with Crippen molar-refractivity contribution in [3.63, 3.8) is 0 Å². The highest BCUT2D eigenvalue weighted by molar-refractivity contribution is 5.76. The number of aliphatic hydroxyl groups is 1. The lowest BCUT2D eigenvalue weighted by Crippen LogP contribution is -2.40. The van der Waals surface area contributed by atoms with Crippen molar-refractivity contribution in [2.45, 2.75) is 51.4 Å². The van der Waals surface area contributed by atoms with Crippen molar-refractivity contribution >= 4 is 11.8 Å². The van der Waals surface area contributed by atoms with Gasteiger partial charge >= 0.3 is 0 Å². The van der Waals surface area contributed by atoms with Crippen LogP contribution in [0.5, 0.6) is 0 Å². The minimum absolute atomic E-state index is 0.0513. The van der Waals surface area contributed by atoms with Gasteiger partial charge in [0.1, 0.15) is 0 Å². The van der Waals surface area contributed by atoms with Crippen LogP contribution in [0.1, 0.15) is 50.5 Å². The van der Waals surface area contributed by atoms with Gasteiger partial charge in [-0.15, -0.1) is 0 Å². The van der Waals surface area contributed by atoms with E-state index in [1.54, 1.807) is 0 Å². The molecule has 0 aromatic heterocycles. The van der Waals surface area contributed by atoms with E-state index in [1.165, 1.54) is 5.56 Å².